The molecular weight excluding hydrogens is 238 g/mol. The Balaban J connectivity index is 1.54. The molecule has 0 spiro atoms. The van der Waals surface area contributed by atoms with E-state index in [4.69, 9.17) is 0 Å². The van der Waals surface area contributed by atoms with Crippen LogP contribution in [0.25, 0.3) is 11.0 Å². The molecule has 4 heteroatoms. The zero-order valence-electron chi connectivity index (χ0n) is 10.6. The van der Waals surface area contributed by atoms with Crippen molar-refractivity contribution in [1.82, 2.24) is 9.97 Å². The highest BCUT2D eigenvalue weighted by molar-refractivity contribution is 6.02. The van der Waals surface area contributed by atoms with Gasteiger partial charge < -0.3 is 9.88 Å². The number of rotatable bonds is 2. The van der Waals surface area contributed by atoms with Crippen LogP contribution >= 0.6 is 0 Å². The first-order valence-electron chi connectivity index (χ1n) is 7.00. The van der Waals surface area contributed by atoms with Crippen molar-refractivity contribution in [2.45, 2.75) is 31.7 Å². The first-order valence-corrected chi connectivity index (χ1v) is 7.00. The first-order chi connectivity index (χ1) is 9.25. The lowest BCUT2D eigenvalue weighted by Crippen LogP contribution is -2.70. The third kappa shape index (κ3) is 1.10. The highest BCUT2D eigenvalue weighted by atomic mass is 16.2. The normalized spacial score (nSPS) is 35.8. The van der Waals surface area contributed by atoms with Crippen molar-refractivity contribution in [2.75, 3.05) is 4.90 Å². The van der Waals surface area contributed by atoms with E-state index < -0.39 is 0 Å². The molecule has 1 saturated heterocycles. The van der Waals surface area contributed by atoms with Gasteiger partial charge in [0.25, 0.3) is 0 Å². The summed E-state index contributed by atoms with van der Waals surface area (Å²) in [6.45, 7) is 0. The smallest absolute Gasteiger partial charge is 0.229 e. The summed E-state index contributed by atoms with van der Waals surface area (Å²) in [4.78, 5) is 21.4. The molecule has 3 aliphatic carbocycles. The Hall–Kier alpha value is -1.84. The van der Waals surface area contributed by atoms with E-state index in [0.29, 0.717) is 11.5 Å². The predicted molar refractivity (Wildman–Crippen MR) is 71.8 cm³/mol. The maximum Gasteiger partial charge on any atom is 0.229 e. The number of aromatic amines is 1. The number of nitrogens with one attached hydrogen (secondary N) is 1. The van der Waals surface area contributed by atoms with Gasteiger partial charge >= 0.3 is 0 Å². The van der Waals surface area contributed by atoms with Crippen molar-refractivity contribution in [3.8, 4) is 0 Å². The molecule has 2 aromatic rings. The number of carbonyl (C=O) groups is 1. The molecule has 3 saturated carbocycles. The molecule has 1 amide bonds. The third-order valence-electron chi connectivity index (χ3n) is 5.42. The molecule has 2 bridgehead atoms. The number of hydrogen-bond acceptors (Lipinski definition) is 2. The summed E-state index contributed by atoms with van der Waals surface area (Å²) in [7, 11) is 0. The van der Waals surface area contributed by atoms with Crippen LogP contribution in [0.1, 0.15) is 25.7 Å². The van der Waals surface area contributed by atoms with Crippen LogP contribution in [-0.4, -0.2) is 21.9 Å². The van der Waals surface area contributed by atoms with Gasteiger partial charge in [-0.15, -0.1) is 0 Å². The number of anilines is 1. The van der Waals surface area contributed by atoms with Crippen LogP contribution in [0.15, 0.2) is 24.5 Å². The zero-order valence-corrected chi connectivity index (χ0v) is 10.6. The molecule has 4 fully saturated rings. The maximum atomic E-state index is 12.0. The Kier molecular flexibility index (Phi) is 1.58. The Bertz CT molecular complexity index is 687. The quantitative estimate of drug-likeness (QED) is 0.836. The van der Waals surface area contributed by atoms with Crippen molar-refractivity contribution in [3.05, 3.63) is 24.5 Å². The SMILES string of the molecule is O=C1C[C@H](C23CC(C2)C3)N1c1ccc2[nH]cnc2c1. The molecule has 6 rings (SSSR count). The Morgan fingerprint density at radius 1 is 1.32 bits per heavy atom. The summed E-state index contributed by atoms with van der Waals surface area (Å²) in [5, 5.41) is 0. The fourth-order valence-corrected chi connectivity index (χ4v) is 4.25. The van der Waals surface area contributed by atoms with Crippen molar-refractivity contribution in [1.29, 1.82) is 0 Å². The molecular formula is C15H15N3O. The van der Waals surface area contributed by atoms with Crippen LogP contribution in [0.3, 0.4) is 0 Å². The summed E-state index contributed by atoms with van der Waals surface area (Å²) in [6.07, 6.45) is 6.46. The zero-order chi connectivity index (χ0) is 12.6. The highest BCUT2D eigenvalue weighted by Gasteiger charge is 2.65. The maximum absolute atomic E-state index is 12.0. The molecule has 1 N–H and O–H groups in total. The van der Waals surface area contributed by atoms with Crippen molar-refractivity contribution >= 4 is 22.6 Å². The van der Waals surface area contributed by atoms with Crippen LogP contribution in [0, 0.1) is 11.3 Å². The average molecular weight is 253 g/mol. The highest BCUT2D eigenvalue weighted by Crippen LogP contribution is 2.69. The van der Waals surface area contributed by atoms with Gasteiger partial charge in [-0.3, -0.25) is 4.79 Å². The van der Waals surface area contributed by atoms with Crippen LogP contribution in [0.5, 0.6) is 0 Å². The summed E-state index contributed by atoms with van der Waals surface area (Å²) < 4.78 is 0. The number of carbonyl (C=O) groups excluding carboxylic acids is 1. The second-order valence-electron chi connectivity index (χ2n) is 6.43. The monoisotopic (exact) mass is 253 g/mol. The van der Waals surface area contributed by atoms with Crippen LogP contribution in [0.4, 0.5) is 5.69 Å². The average Bonchev–Trinajstić information content (AvgIpc) is 2.71. The number of benzene rings is 1. The van der Waals surface area contributed by atoms with Gasteiger partial charge in [-0.1, -0.05) is 0 Å². The number of nitrogens with zero attached hydrogens (tertiary/aromatic N) is 2. The standard InChI is InChI=1S/C15H15N3O/c19-14-4-13(15-5-9(6-15)7-15)18(14)10-1-2-11-12(3-10)17-8-16-11/h1-3,8-9,13H,4-7H2,(H,16,17)/t9?,13-,15?/m1/s1. The molecule has 1 aliphatic heterocycles. The molecule has 2 heterocycles. The van der Waals surface area contributed by atoms with Gasteiger partial charge in [0.1, 0.15) is 0 Å². The molecule has 4 nitrogen and oxygen atoms in total. The van der Waals surface area contributed by atoms with Crippen molar-refractivity contribution in [2.24, 2.45) is 11.3 Å². The molecule has 0 radical (unpaired) electrons. The number of H-pyrrole nitrogens is 1. The second-order valence-corrected chi connectivity index (χ2v) is 6.43. The number of β-lactam (4-membered cyclic amide) rings is 1. The van der Waals surface area contributed by atoms with E-state index >= 15 is 0 Å². The lowest BCUT2D eigenvalue weighted by molar-refractivity contribution is -0.156. The summed E-state index contributed by atoms with van der Waals surface area (Å²) in [6, 6.07) is 6.53. The van der Waals surface area contributed by atoms with E-state index in [9.17, 15) is 4.79 Å². The number of fused-ring (bicyclic) bond motifs is 1. The summed E-state index contributed by atoms with van der Waals surface area (Å²) in [5.74, 6) is 1.23. The van der Waals surface area contributed by atoms with Gasteiger partial charge in [0.05, 0.1) is 23.4 Å². The Morgan fingerprint density at radius 2 is 2.16 bits per heavy atom. The Morgan fingerprint density at radius 3 is 2.84 bits per heavy atom. The minimum atomic E-state index is 0.268. The van der Waals surface area contributed by atoms with Gasteiger partial charge in [0, 0.05) is 12.1 Å². The van der Waals surface area contributed by atoms with Gasteiger partial charge in [-0.2, -0.15) is 0 Å². The molecule has 0 unspecified atom stereocenters. The molecule has 19 heavy (non-hydrogen) atoms. The second kappa shape index (κ2) is 3.00. The van der Waals surface area contributed by atoms with E-state index in [0.717, 1.165) is 29.1 Å². The van der Waals surface area contributed by atoms with Crippen LogP contribution in [0.2, 0.25) is 0 Å². The van der Waals surface area contributed by atoms with E-state index in [1.807, 2.05) is 23.1 Å². The number of aromatic nitrogens is 2. The third-order valence-corrected chi connectivity index (χ3v) is 5.42. The van der Waals surface area contributed by atoms with E-state index in [1.54, 1.807) is 6.33 Å². The number of hydrogen-bond donors (Lipinski definition) is 1. The summed E-state index contributed by atoms with van der Waals surface area (Å²) in [5.41, 5.74) is 3.46. The largest absolute Gasteiger partial charge is 0.345 e. The minimum absolute atomic E-state index is 0.268. The van der Waals surface area contributed by atoms with Gasteiger partial charge in [0.15, 0.2) is 0 Å². The lowest BCUT2D eigenvalue weighted by atomic mass is 9.40. The first kappa shape index (κ1) is 10.0. The lowest BCUT2D eigenvalue weighted by Gasteiger charge is -2.69. The summed E-state index contributed by atoms with van der Waals surface area (Å²) >= 11 is 0. The van der Waals surface area contributed by atoms with Crippen LogP contribution < -0.4 is 4.90 Å². The molecule has 1 atom stereocenters. The van der Waals surface area contributed by atoms with E-state index in [-0.39, 0.29) is 5.91 Å². The number of imidazole rings is 1. The van der Waals surface area contributed by atoms with E-state index in [1.165, 1.54) is 19.3 Å². The fourth-order valence-electron chi connectivity index (χ4n) is 4.25. The van der Waals surface area contributed by atoms with Crippen molar-refractivity contribution in [3.63, 3.8) is 0 Å². The number of amides is 1. The van der Waals surface area contributed by atoms with Gasteiger partial charge in [-0.05, 0) is 48.8 Å². The topological polar surface area (TPSA) is 49.0 Å². The molecule has 96 valence electrons. The van der Waals surface area contributed by atoms with Gasteiger partial charge in [-0.25, -0.2) is 4.98 Å². The molecule has 1 aromatic heterocycles. The fraction of sp³-hybridized carbons (Fsp3) is 0.467. The van der Waals surface area contributed by atoms with Crippen molar-refractivity contribution < 1.29 is 4.79 Å². The Labute approximate surface area is 110 Å². The van der Waals surface area contributed by atoms with Gasteiger partial charge in [0.2, 0.25) is 5.91 Å². The van der Waals surface area contributed by atoms with Crippen LogP contribution in [-0.2, 0) is 4.79 Å². The predicted octanol–water partition coefficient (Wildman–Crippen LogP) is 2.47. The molecule has 1 aromatic carbocycles. The minimum Gasteiger partial charge on any atom is -0.345 e. The van der Waals surface area contributed by atoms with E-state index in [2.05, 4.69) is 9.97 Å². The molecule has 4 aliphatic rings.